The van der Waals surface area contributed by atoms with Crippen LogP contribution in [0.5, 0.6) is 0 Å². The number of carbonyl (C=O) groups is 1. The number of amidine groups is 1. The minimum Gasteiger partial charge on any atom is -0.335 e. The van der Waals surface area contributed by atoms with Gasteiger partial charge in [0.15, 0.2) is 11.6 Å². The van der Waals surface area contributed by atoms with E-state index in [1.807, 2.05) is 42.5 Å². The number of rotatable bonds is 7. The third-order valence-corrected chi connectivity index (χ3v) is 7.44. The van der Waals surface area contributed by atoms with Gasteiger partial charge in [0.25, 0.3) is 10.0 Å². The fourth-order valence-electron chi connectivity index (χ4n) is 4.26. The maximum absolute atomic E-state index is 13.0. The third kappa shape index (κ3) is 4.23. The standard InChI is InChI=1S/C26H24N2O3S/c29-24(16-14-22(19-7-3-1-4-8-19)20-9-5-2-6-10-20)26-27-23-15-13-21(18-11-12-18)17-25(23)32(30,31)28-26/h1-10,13,15,17-18,22H,11-12,14,16H2,(H,27,28). The first-order valence-electron chi connectivity index (χ1n) is 10.9. The van der Waals surface area contributed by atoms with Gasteiger partial charge in [-0.3, -0.25) is 4.79 Å². The van der Waals surface area contributed by atoms with Crippen LogP contribution in [-0.2, 0) is 14.8 Å². The molecule has 0 unspecified atom stereocenters. The molecule has 6 heteroatoms. The van der Waals surface area contributed by atoms with Crippen LogP contribution >= 0.6 is 0 Å². The lowest BCUT2D eigenvalue weighted by atomic mass is 9.87. The van der Waals surface area contributed by atoms with Crippen molar-refractivity contribution in [2.45, 2.75) is 42.4 Å². The number of fused-ring (bicyclic) bond motifs is 1. The second-order valence-electron chi connectivity index (χ2n) is 8.41. The summed E-state index contributed by atoms with van der Waals surface area (Å²) in [4.78, 5) is 13.1. The number of sulfonamides is 1. The summed E-state index contributed by atoms with van der Waals surface area (Å²) in [5.74, 6) is 0.0739. The summed E-state index contributed by atoms with van der Waals surface area (Å²) in [6.45, 7) is 0. The van der Waals surface area contributed by atoms with Crippen LogP contribution in [0, 0.1) is 0 Å². The van der Waals surface area contributed by atoms with E-state index in [0.29, 0.717) is 18.0 Å². The van der Waals surface area contributed by atoms with Crippen molar-refractivity contribution >= 4 is 27.3 Å². The van der Waals surface area contributed by atoms with E-state index in [2.05, 4.69) is 34.0 Å². The van der Waals surface area contributed by atoms with Crippen molar-refractivity contribution in [1.29, 1.82) is 0 Å². The van der Waals surface area contributed by atoms with Crippen LogP contribution in [-0.4, -0.2) is 20.0 Å². The van der Waals surface area contributed by atoms with Crippen molar-refractivity contribution in [1.82, 2.24) is 0 Å². The van der Waals surface area contributed by atoms with Crippen LogP contribution in [0.25, 0.3) is 0 Å². The van der Waals surface area contributed by atoms with Gasteiger partial charge >= 0.3 is 0 Å². The molecule has 5 rings (SSSR count). The Morgan fingerprint density at radius 3 is 2.16 bits per heavy atom. The Morgan fingerprint density at radius 2 is 1.56 bits per heavy atom. The van der Waals surface area contributed by atoms with Crippen molar-refractivity contribution in [3.05, 3.63) is 95.6 Å². The largest absolute Gasteiger partial charge is 0.335 e. The van der Waals surface area contributed by atoms with Gasteiger partial charge in [0.1, 0.15) is 4.90 Å². The molecular formula is C26H24N2O3S. The number of ketones is 1. The summed E-state index contributed by atoms with van der Waals surface area (Å²) in [7, 11) is -3.90. The van der Waals surface area contributed by atoms with Crippen molar-refractivity contribution in [3.8, 4) is 0 Å². The van der Waals surface area contributed by atoms with Gasteiger partial charge < -0.3 is 5.32 Å². The molecule has 0 aromatic heterocycles. The van der Waals surface area contributed by atoms with Gasteiger partial charge in [-0.1, -0.05) is 66.7 Å². The normalized spacial score (nSPS) is 16.7. The number of hydrogen-bond acceptors (Lipinski definition) is 4. The van der Waals surface area contributed by atoms with Crippen LogP contribution in [0.1, 0.15) is 54.2 Å². The van der Waals surface area contributed by atoms with Gasteiger partial charge in [0.2, 0.25) is 0 Å². The second-order valence-corrected chi connectivity index (χ2v) is 9.98. The lowest BCUT2D eigenvalue weighted by Crippen LogP contribution is -2.29. The molecule has 3 aromatic rings. The van der Waals surface area contributed by atoms with E-state index in [4.69, 9.17) is 0 Å². The molecule has 1 saturated carbocycles. The topological polar surface area (TPSA) is 75.6 Å². The Hall–Kier alpha value is -3.25. The van der Waals surface area contributed by atoms with Crippen molar-refractivity contribution < 1.29 is 13.2 Å². The molecule has 0 amide bonds. The van der Waals surface area contributed by atoms with Crippen LogP contribution in [0.3, 0.4) is 0 Å². The highest BCUT2D eigenvalue weighted by atomic mass is 32.2. The van der Waals surface area contributed by atoms with Crippen molar-refractivity contribution in [3.63, 3.8) is 0 Å². The van der Waals surface area contributed by atoms with Gasteiger partial charge in [-0.15, -0.1) is 4.40 Å². The summed E-state index contributed by atoms with van der Waals surface area (Å²) in [5.41, 5.74) is 3.69. The molecule has 0 atom stereocenters. The van der Waals surface area contributed by atoms with E-state index in [9.17, 15) is 13.2 Å². The number of carbonyl (C=O) groups excluding carboxylic acids is 1. The fourth-order valence-corrected chi connectivity index (χ4v) is 5.43. The van der Waals surface area contributed by atoms with Gasteiger partial charge in [0.05, 0.1) is 5.69 Å². The summed E-state index contributed by atoms with van der Waals surface area (Å²) in [5, 5.41) is 2.96. The van der Waals surface area contributed by atoms with Crippen molar-refractivity contribution in [2.24, 2.45) is 4.40 Å². The molecule has 32 heavy (non-hydrogen) atoms. The van der Waals surface area contributed by atoms with Crippen LogP contribution < -0.4 is 5.32 Å². The predicted octanol–water partition coefficient (Wildman–Crippen LogP) is 5.26. The minimum atomic E-state index is -3.90. The van der Waals surface area contributed by atoms with E-state index >= 15 is 0 Å². The van der Waals surface area contributed by atoms with Gasteiger partial charge in [-0.25, -0.2) is 0 Å². The average molecular weight is 445 g/mol. The molecule has 1 aliphatic heterocycles. The van der Waals surface area contributed by atoms with Gasteiger partial charge in [-0.2, -0.15) is 8.42 Å². The molecule has 162 valence electrons. The quantitative estimate of drug-likeness (QED) is 0.539. The molecule has 0 spiro atoms. The number of Topliss-reactive ketones (excluding diaryl/α,β-unsaturated/α-hetero) is 1. The SMILES string of the molecule is O=C(CCC(c1ccccc1)c1ccccc1)C1=NS(=O)(=O)c2cc(C3CC3)ccc2N1. The van der Waals surface area contributed by atoms with E-state index < -0.39 is 10.0 Å². The highest BCUT2D eigenvalue weighted by Gasteiger charge is 2.31. The average Bonchev–Trinajstić information content (AvgIpc) is 3.65. The smallest absolute Gasteiger partial charge is 0.286 e. The highest BCUT2D eigenvalue weighted by Crippen LogP contribution is 2.42. The Bertz CT molecular complexity index is 1240. The summed E-state index contributed by atoms with van der Waals surface area (Å²) >= 11 is 0. The number of nitrogens with one attached hydrogen (secondary N) is 1. The maximum Gasteiger partial charge on any atom is 0.286 e. The fraction of sp³-hybridized carbons (Fsp3) is 0.231. The van der Waals surface area contributed by atoms with Crippen molar-refractivity contribution in [2.75, 3.05) is 5.32 Å². The summed E-state index contributed by atoms with van der Waals surface area (Å²) < 4.78 is 29.4. The summed E-state index contributed by atoms with van der Waals surface area (Å²) in [6.07, 6.45) is 2.92. The van der Waals surface area contributed by atoms with Crippen LogP contribution in [0.4, 0.5) is 5.69 Å². The molecule has 5 nitrogen and oxygen atoms in total. The molecule has 0 saturated heterocycles. The molecular weight excluding hydrogens is 420 g/mol. The first kappa shape index (κ1) is 20.6. The van der Waals surface area contributed by atoms with Gasteiger partial charge in [-0.05, 0) is 54.0 Å². The number of hydrogen-bond donors (Lipinski definition) is 1. The zero-order valence-electron chi connectivity index (χ0n) is 17.6. The number of anilines is 1. The number of nitrogens with zero attached hydrogens (tertiary/aromatic N) is 1. The van der Waals surface area contributed by atoms with Crippen LogP contribution in [0.2, 0.25) is 0 Å². The minimum absolute atomic E-state index is 0.0375. The molecule has 1 heterocycles. The highest BCUT2D eigenvalue weighted by molar-refractivity contribution is 7.90. The third-order valence-electron chi connectivity index (χ3n) is 6.12. The second kappa shape index (κ2) is 8.36. The predicted molar refractivity (Wildman–Crippen MR) is 126 cm³/mol. The molecule has 0 radical (unpaired) electrons. The number of benzene rings is 3. The zero-order valence-corrected chi connectivity index (χ0v) is 18.4. The Labute approximate surface area is 188 Å². The van der Waals surface area contributed by atoms with E-state index in [-0.39, 0.29) is 28.9 Å². The zero-order chi connectivity index (χ0) is 22.1. The van der Waals surface area contributed by atoms with E-state index in [1.165, 1.54) is 0 Å². The Kier molecular flexibility index (Phi) is 5.39. The molecule has 3 aromatic carbocycles. The Morgan fingerprint density at radius 1 is 0.938 bits per heavy atom. The molecule has 0 bridgehead atoms. The maximum atomic E-state index is 13.0. The van der Waals surface area contributed by atoms with Gasteiger partial charge in [0, 0.05) is 12.3 Å². The Balaban J connectivity index is 1.36. The molecule has 1 fully saturated rings. The molecule has 2 aliphatic rings. The van der Waals surface area contributed by atoms with E-state index in [1.54, 1.807) is 12.1 Å². The monoisotopic (exact) mass is 444 g/mol. The lowest BCUT2D eigenvalue weighted by molar-refractivity contribution is -0.113. The first-order chi connectivity index (χ1) is 15.5. The first-order valence-corrected chi connectivity index (χ1v) is 12.3. The summed E-state index contributed by atoms with van der Waals surface area (Å²) in [6, 6.07) is 25.5. The van der Waals surface area contributed by atoms with Crippen LogP contribution in [0.15, 0.2) is 88.2 Å². The molecule has 1 N–H and O–H groups in total. The molecule has 1 aliphatic carbocycles. The lowest BCUT2D eigenvalue weighted by Gasteiger charge is -2.20. The van der Waals surface area contributed by atoms with E-state index in [0.717, 1.165) is 29.5 Å².